The van der Waals surface area contributed by atoms with E-state index in [0.717, 1.165) is 73.0 Å². The van der Waals surface area contributed by atoms with Crippen LogP contribution in [0, 0.1) is 0 Å². The molecule has 0 aliphatic carbocycles. The summed E-state index contributed by atoms with van der Waals surface area (Å²) in [5.41, 5.74) is 4.82. The molecule has 0 aromatic heterocycles. The highest BCUT2D eigenvalue weighted by Crippen LogP contribution is 2.37. The maximum absolute atomic E-state index is 12.3. The highest BCUT2D eigenvalue weighted by atomic mass is 35.5. The molecule has 2 aliphatic heterocycles. The molecule has 1 saturated heterocycles. The second-order valence-electron chi connectivity index (χ2n) is 8.88. The summed E-state index contributed by atoms with van der Waals surface area (Å²) < 4.78 is 5.51. The number of nitrogens with zero attached hydrogens (tertiary/aromatic N) is 3. The molecule has 2 N–H and O–H groups in total. The number of halogens is 1. The molecule has 0 spiro atoms. The van der Waals surface area contributed by atoms with Crippen LogP contribution in [0.25, 0.3) is 0 Å². The molecule has 2 heterocycles. The average Bonchev–Trinajstić information content (AvgIpc) is 2.99. The molecule has 2 aliphatic rings. The molecule has 0 saturated carbocycles. The van der Waals surface area contributed by atoms with Gasteiger partial charge in [0.15, 0.2) is 0 Å². The zero-order chi connectivity index (χ0) is 23.9. The first-order valence-corrected chi connectivity index (χ1v) is 12.5. The van der Waals surface area contributed by atoms with Gasteiger partial charge in [0.25, 0.3) is 0 Å². The van der Waals surface area contributed by atoms with Crippen LogP contribution >= 0.6 is 11.6 Å². The summed E-state index contributed by atoms with van der Waals surface area (Å²) >= 11 is 6.28. The minimum absolute atomic E-state index is 0.000397. The number of rotatable bonds is 8. The van der Waals surface area contributed by atoms with E-state index < -0.39 is 0 Å². The molecule has 34 heavy (non-hydrogen) atoms. The summed E-state index contributed by atoms with van der Waals surface area (Å²) in [7, 11) is 2.15. The molecule has 4 rings (SSSR count). The summed E-state index contributed by atoms with van der Waals surface area (Å²) in [5, 5.41) is 7.21. The number of anilines is 2. The first kappa shape index (κ1) is 24.5. The lowest BCUT2D eigenvalue weighted by Crippen LogP contribution is -2.47. The summed E-state index contributed by atoms with van der Waals surface area (Å²) in [6, 6.07) is 12.0. The molecule has 7 nitrogen and oxygen atoms in total. The molecule has 8 heteroatoms. The Kier molecular flexibility index (Phi) is 8.43. The average molecular weight is 484 g/mol. The number of hydrogen-bond donors (Lipinski definition) is 2. The topological polar surface area (TPSA) is 69.2 Å². The van der Waals surface area contributed by atoms with Crippen LogP contribution in [0.1, 0.15) is 37.3 Å². The van der Waals surface area contributed by atoms with Crippen LogP contribution in [0.5, 0.6) is 0 Å². The monoisotopic (exact) mass is 483 g/mol. The van der Waals surface area contributed by atoms with E-state index in [-0.39, 0.29) is 5.91 Å². The predicted octanol–water partition coefficient (Wildman–Crippen LogP) is 4.55. The number of carbonyl (C=O) groups is 1. The number of nitrogens with one attached hydrogen (secondary N) is 2. The highest BCUT2D eigenvalue weighted by molar-refractivity contribution is 6.31. The van der Waals surface area contributed by atoms with Crippen LogP contribution in [-0.4, -0.2) is 68.0 Å². The van der Waals surface area contributed by atoms with Crippen molar-refractivity contribution in [3.63, 3.8) is 0 Å². The maximum Gasteiger partial charge on any atom is 0.222 e. The molecular formula is C26H34ClN5O2. The van der Waals surface area contributed by atoms with Gasteiger partial charge < -0.3 is 25.2 Å². The Bertz CT molecular complexity index is 1030. The van der Waals surface area contributed by atoms with E-state index in [4.69, 9.17) is 21.3 Å². The fourth-order valence-corrected chi connectivity index (χ4v) is 4.25. The van der Waals surface area contributed by atoms with E-state index in [1.165, 1.54) is 0 Å². The van der Waals surface area contributed by atoms with Gasteiger partial charge in [-0.05, 0) is 49.4 Å². The number of hydrogen-bond acceptors (Lipinski definition) is 6. The van der Waals surface area contributed by atoms with Gasteiger partial charge in [-0.15, -0.1) is 0 Å². The van der Waals surface area contributed by atoms with Crippen molar-refractivity contribution in [1.29, 1.82) is 0 Å². The molecule has 182 valence electrons. The first-order valence-electron chi connectivity index (χ1n) is 12.1. The molecule has 1 fully saturated rings. The molecule has 1 amide bonds. The number of piperazine rings is 1. The second kappa shape index (κ2) is 11.7. The number of aliphatic imine (C=N–C) groups is 1. The number of ether oxygens (including phenoxy) is 1. The number of unbranched alkanes of at least 4 members (excludes halogenated alkanes) is 1. The Morgan fingerprint density at radius 3 is 2.71 bits per heavy atom. The summed E-state index contributed by atoms with van der Waals surface area (Å²) in [5.74, 6) is 0.939. The van der Waals surface area contributed by atoms with Crippen molar-refractivity contribution in [3.8, 4) is 0 Å². The molecule has 0 radical (unpaired) electrons. The van der Waals surface area contributed by atoms with Crippen molar-refractivity contribution in [2.45, 2.75) is 32.7 Å². The van der Waals surface area contributed by atoms with Crippen LogP contribution in [-0.2, 0) is 16.1 Å². The van der Waals surface area contributed by atoms with E-state index in [1.807, 2.05) is 24.3 Å². The summed E-state index contributed by atoms with van der Waals surface area (Å²) in [6.07, 6.45) is 2.50. The van der Waals surface area contributed by atoms with E-state index in [1.54, 1.807) is 0 Å². The lowest BCUT2D eigenvalue weighted by molar-refractivity contribution is -0.122. The zero-order valence-corrected chi connectivity index (χ0v) is 20.8. The zero-order valence-electron chi connectivity index (χ0n) is 20.1. The summed E-state index contributed by atoms with van der Waals surface area (Å²) in [6.45, 7) is 7.55. The van der Waals surface area contributed by atoms with Crippen LogP contribution < -0.4 is 10.6 Å². The van der Waals surface area contributed by atoms with Crippen molar-refractivity contribution in [2.75, 3.05) is 51.8 Å². The number of amides is 1. The van der Waals surface area contributed by atoms with Gasteiger partial charge in [-0.1, -0.05) is 31.0 Å². The predicted molar refractivity (Wildman–Crippen MR) is 139 cm³/mol. The number of benzene rings is 2. The maximum atomic E-state index is 12.3. The number of fused-ring (bicyclic) bond motifs is 2. The van der Waals surface area contributed by atoms with Crippen molar-refractivity contribution in [1.82, 2.24) is 15.1 Å². The third-order valence-corrected chi connectivity index (χ3v) is 6.42. The molecule has 0 unspecified atom stereocenters. The van der Waals surface area contributed by atoms with Crippen LogP contribution in [0.15, 0.2) is 41.4 Å². The van der Waals surface area contributed by atoms with E-state index in [9.17, 15) is 4.79 Å². The lowest BCUT2D eigenvalue weighted by Gasteiger charge is -2.35. The Morgan fingerprint density at radius 1 is 1.12 bits per heavy atom. The normalized spacial score (nSPS) is 15.6. The molecule has 0 atom stereocenters. The molecule has 0 bridgehead atoms. The van der Waals surface area contributed by atoms with Crippen LogP contribution in [0.4, 0.5) is 17.1 Å². The van der Waals surface area contributed by atoms with Gasteiger partial charge in [0.1, 0.15) is 5.84 Å². The van der Waals surface area contributed by atoms with Crippen molar-refractivity contribution >= 4 is 40.4 Å². The van der Waals surface area contributed by atoms with E-state index >= 15 is 0 Å². The van der Waals surface area contributed by atoms with Gasteiger partial charge in [0.05, 0.1) is 18.0 Å². The largest absolute Gasteiger partial charge is 0.381 e. The fraction of sp³-hybridized carbons (Fsp3) is 0.462. The first-order chi connectivity index (χ1) is 16.5. The Morgan fingerprint density at radius 2 is 1.91 bits per heavy atom. The number of amidine groups is 1. The third-order valence-electron chi connectivity index (χ3n) is 6.19. The smallest absolute Gasteiger partial charge is 0.222 e. The minimum Gasteiger partial charge on any atom is -0.381 e. The Hall–Kier alpha value is -2.61. The van der Waals surface area contributed by atoms with Crippen LogP contribution in [0.2, 0.25) is 5.02 Å². The standard InChI is InChI=1S/C26H34ClN5O2/c1-3-4-14-34-15-9-25(33)28-18-19-5-7-22-21(16-19)26(32-12-10-31(2)11-13-32)30-24-17-20(27)6-8-23(24)29-22/h5-8,16-17,29H,3-4,9-15,18H2,1-2H3,(H,28,33). The molecule has 2 aromatic rings. The van der Waals surface area contributed by atoms with Gasteiger partial charge in [-0.3, -0.25) is 4.79 Å². The number of carbonyl (C=O) groups excluding carboxylic acids is 1. The molecule has 2 aromatic carbocycles. The van der Waals surface area contributed by atoms with Gasteiger partial charge in [0.2, 0.25) is 5.91 Å². The van der Waals surface area contributed by atoms with E-state index in [0.29, 0.717) is 31.2 Å². The van der Waals surface area contributed by atoms with Crippen molar-refractivity contribution < 1.29 is 9.53 Å². The van der Waals surface area contributed by atoms with Gasteiger partial charge in [-0.2, -0.15) is 0 Å². The fourth-order valence-electron chi connectivity index (χ4n) is 4.08. The SMILES string of the molecule is CCCCOCCC(=O)NCc1ccc2c(c1)C(N1CCN(C)CC1)=Nc1cc(Cl)ccc1N2. The Labute approximate surface area is 207 Å². The quantitative estimate of drug-likeness (QED) is 0.539. The van der Waals surface area contributed by atoms with Crippen LogP contribution in [0.3, 0.4) is 0 Å². The van der Waals surface area contributed by atoms with E-state index in [2.05, 4.69) is 46.5 Å². The Balaban J connectivity index is 1.52. The summed E-state index contributed by atoms with van der Waals surface area (Å²) in [4.78, 5) is 22.0. The third kappa shape index (κ3) is 6.29. The molecular weight excluding hydrogens is 450 g/mol. The number of likely N-dealkylation sites (N-methyl/N-ethyl adjacent to an activating group) is 1. The van der Waals surface area contributed by atoms with Crippen molar-refractivity contribution in [2.24, 2.45) is 4.99 Å². The lowest BCUT2D eigenvalue weighted by atomic mass is 10.1. The van der Waals surface area contributed by atoms with Gasteiger partial charge in [-0.25, -0.2) is 4.99 Å². The van der Waals surface area contributed by atoms with Gasteiger partial charge >= 0.3 is 0 Å². The highest BCUT2D eigenvalue weighted by Gasteiger charge is 2.24. The second-order valence-corrected chi connectivity index (χ2v) is 9.32. The van der Waals surface area contributed by atoms with Crippen molar-refractivity contribution in [3.05, 3.63) is 52.5 Å². The van der Waals surface area contributed by atoms with Gasteiger partial charge in [0, 0.05) is 62.0 Å². The minimum atomic E-state index is -0.000397.